The molecule has 1 aliphatic heterocycles. The largest absolute Gasteiger partial charge is 0.334 e. The number of nitrogens with zero attached hydrogens (tertiary/aromatic N) is 3. The van der Waals surface area contributed by atoms with Gasteiger partial charge < -0.3 is 4.90 Å². The van der Waals surface area contributed by atoms with Crippen LogP contribution in [0, 0.1) is 12.8 Å². The summed E-state index contributed by atoms with van der Waals surface area (Å²) < 4.78 is 26.5. The molecule has 4 nitrogen and oxygen atoms in total. The van der Waals surface area contributed by atoms with Gasteiger partial charge in [0.15, 0.2) is 0 Å². The maximum Gasteiger partial charge on any atom is 0.248 e. The first-order chi connectivity index (χ1) is 10.5. The summed E-state index contributed by atoms with van der Waals surface area (Å²) >= 11 is 0. The average Bonchev–Trinajstić information content (AvgIpc) is 2.96. The number of amides is 1. The smallest absolute Gasteiger partial charge is 0.248 e. The Hall–Kier alpha value is -1.59. The Morgan fingerprint density at radius 3 is 2.73 bits per heavy atom. The number of halogens is 2. The van der Waals surface area contributed by atoms with Crippen molar-refractivity contribution in [3.8, 4) is 0 Å². The standard InChI is InChI=1S/C16H21F2N3O/c1-11-19-9-6-13(20-11)14-3-2-10-21(14)15(22)12-4-7-16(17,18)8-5-12/h6,9,12,14H,2-5,7-8,10H2,1H3/t14-/m0/s1. The van der Waals surface area contributed by atoms with E-state index in [1.165, 1.54) is 0 Å². The molecule has 2 aliphatic rings. The van der Waals surface area contributed by atoms with Gasteiger partial charge in [0.2, 0.25) is 11.8 Å². The fourth-order valence-corrected chi connectivity index (χ4v) is 3.52. The van der Waals surface area contributed by atoms with Gasteiger partial charge in [-0.3, -0.25) is 4.79 Å². The second-order valence-electron chi connectivity index (χ2n) is 6.35. The Bertz CT molecular complexity index is 554. The number of aromatic nitrogens is 2. The van der Waals surface area contributed by atoms with Gasteiger partial charge in [-0.25, -0.2) is 18.7 Å². The number of hydrogen-bond donors (Lipinski definition) is 0. The van der Waals surface area contributed by atoms with Crippen molar-refractivity contribution in [2.24, 2.45) is 5.92 Å². The molecule has 1 amide bonds. The highest BCUT2D eigenvalue weighted by molar-refractivity contribution is 5.79. The van der Waals surface area contributed by atoms with Crippen molar-refractivity contribution in [3.63, 3.8) is 0 Å². The summed E-state index contributed by atoms with van der Waals surface area (Å²) in [6, 6.07) is 1.81. The van der Waals surface area contributed by atoms with E-state index in [4.69, 9.17) is 0 Å². The monoisotopic (exact) mass is 309 g/mol. The number of likely N-dealkylation sites (tertiary alicyclic amines) is 1. The van der Waals surface area contributed by atoms with Crippen molar-refractivity contribution < 1.29 is 13.6 Å². The lowest BCUT2D eigenvalue weighted by Crippen LogP contribution is -2.39. The lowest BCUT2D eigenvalue weighted by molar-refractivity contribution is -0.140. The van der Waals surface area contributed by atoms with E-state index in [1.807, 2.05) is 17.9 Å². The molecule has 0 aromatic carbocycles. The van der Waals surface area contributed by atoms with Crippen LogP contribution >= 0.6 is 0 Å². The van der Waals surface area contributed by atoms with Gasteiger partial charge >= 0.3 is 0 Å². The van der Waals surface area contributed by atoms with Gasteiger partial charge in [0.25, 0.3) is 0 Å². The Labute approximate surface area is 128 Å². The lowest BCUT2D eigenvalue weighted by atomic mass is 9.85. The van der Waals surface area contributed by atoms with Crippen LogP contribution in [0.5, 0.6) is 0 Å². The molecule has 3 rings (SSSR count). The minimum Gasteiger partial charge on any atom is -0.334 e. The maximum absolute atomic E-state index is 13.3. The first-order valence-electron chi connectivity index (χ1n) is 7.94. The van der Waals surface area contributed by atoms with Gasteiger partial charge in [-0.05, 0) is 38.7 Å². The van der Waals surface area contributed by atoms with E-state index in [2.05, 4.69) is 9.97 Å². The molecule has 1 aromatic heterocycles. The summed E-state index contributed by atoms with van der Waals surface area (Å²) in [6.07, 6.45) is 3.76. The van der Waals surface area contributed by atoms with E-state index < -0.39 is 5.92 Å². The zero-order valence-corrected chi connectivity index (χ0v) is 12.8. The molecule has 1 saturated carbocycles. The van der Waals surface area contributed by atoms with Crippen LogP contribution in [0.1, 0.15) is 56.1 Å². The van der Waals surface area contributed by atoms with Crippen LogP contribution in [-0.4, -0.2) is 33.2 Å². The summed E-state index contributed by atoms with van der Waals surface area (Å²) in [5.74, 6) is -2.14. The molecular weight excluding hydrogens is 288 g/mol. The van der Waals surface area contributed by atoms with Crippen molar-refractivity contribution in [2.45, 2.75) is 57.4 Å². The molecule has 0 bridgehead atoms. The molecule has 1 aliphatic carbocycles. The Kier molecular flexibility index (Phi) is 4.10. The minimum absolute atomic E-state index is 0.0225. The van der Waals surface area contributed by atoms with Crippen molar-refractivity contribution >= 4 is 5.91 Å². The van der Waals surface area contributed by atoms with Crippen LogP contribution in [0.4, 0.5) is 8.78 Å². The maximum atomic E-state index is 13.3. The zero-order valence-electron chi connectivity index (χ0n) is 12.8. The predicted molar refractivity (Wildman–Crippen MR) is 77.4 cm³/mol. The number of aryl methyl sites for hydroxylation is 1. The molecule has 2 heterocycles. The third-order valence-corrected chi connectivity index (χ3v) is 4.74. The molecular formula is C16H21F2N3O. The molecule has 0 unspecified atom stereocenters. The topological polar surface area (TPSA) is 46.1 Å². The number of hydrogen-bond acceptors (Lipinski definition) is 3. The van der Waals surface area contributed by atoms with Crippen LogP contribution in [-0.2, 0) is 4.79 Å². The summed E-state index contributed by atoms with van der Waals surface area (Å²) in [4.78, 5) is 23.1. The first kappa shape index (κ1) is 15.3. The molecule has 120 valence electrons. The number of rotatable bonds is 2. The average molecular weight is 309 g/mol. The first-order valence-corrected chi connectivity index (χ1v) is 7.94. The number of alkyl halides is 2. The number of carbonyl (C=O) groups excluding carboxylic acids is 1. The van der Waals surface area contributed by atoms with Gasteiger partial charge in [-0.2, -0.15) is 0 Å². The molecule has 0 N–H and O–H groups in total. The highest BCUT2D eigenvalue weighted by Gasteiger charge is 2.41. The van der Waals surface area contributed by atoms with Gasteiger partial charge in [-0.15, -0.1) is 0 Å². The van der Waals surface area contributed by atoms with Crippen LogP contribution in [0.15, 0.2) is 12.3 Å². The van der Waals surface area contributed by atoms with E-state index in [0.717, 1.165) is 18.5 Å². The molecule has 0 radical (unpaired) electrons. The van der Waals surface area contributed by atoms with E-state index in [9.17, 15) is 13.6 Å². The molecule has 0 spiro atoms. The van der Waals surface area contributed by atoms with E-state index >= 15 is 0 Å². The molecule has 22 heavy (non-hydrogen) atoms. The summed E-state index contributed by atoms with van der Waals surface area (Å²) in [6.45, 7) is 2.52. The van der Waals surface area contributed by atoms with Crippen LogP contribution in [0.3, 0.4) is 0 Å². The highest BCUT2D eigenvalue weighted by atomic mass is 19.3. The molecule has 1 aromatic rings. The fourth-order valence-electron chi connectivity index (χ4n) is 3.52. The summed E-state index contributed by atoms with van der Waals surface area (Å²) in [7, 11) is 0. The fraction of sp³-hybridized carbons (Fsp3) is 0.688. The Morgan fingerprint density at radius 1 is 1.32 bits per heavy atom. The quantitative estimate of drug-likeness (QED) is 0.842. The van der Waals surface area contributed by atoms with Crippen molar-refractivity contribution in [1.29, 1.82) is 0 Å². The third kappa shape index (κ3) is 3.10. The SMILES string of the molecule is Cc1nccc([C@@H]2CCCN2C(=O)C2CCC(F)(F)CC2)n1. The molecule has 1 saturated heterocycles. The predicted octanol–water partition coefficient (Wildman–Crippen LogP) is 3.27. The third-order valence-electron chi connectivity index (χ3n) is 4.74. The van der Waals surface area contributed by atoms with E-state index in [-0.39, 0.29) is 43.6 Å². The van der Waals surface area contributed by atoms with Crippen LogP contribution < -0.4 is 0 Å². The zero-order chi connectivity index (χ0) is 15.7. The van der Waals surface area contributed by atoms with Crippen LogP contribution in [0.25, 0.3) is 0 Å². The number of carbonyl (C=O) groups is 1. The second kappa shape index (κ2) is 5.89. The summed E-state index contributed by atoms with van der Waals surface area (Å²) in [5, 5.41) is 0. The molecule has 1 atom stereocenters. The van der Waals surface area contributed by atoms with Gasteiger partial charge in [-0.1, -0.05) is 0 Å². The van der Waals surface area contributed by atoms with Crippen molar-refractivity contribution in [2.75, 3.05) is 6.54 Å². The second-order valence-corrected chi connectivity index (χ2v) is 6.35. The molecule has 6 heteroatoms. The minimum atomic E-state index is -2.59. The normalized spacial score (nSPS) is 25.4. The Balaban J connectivity index is 1.72. The molecule has 2 fully saturated rings. The van der Waals surface area contributed by atoms with Gasteiger partial charge in [0.1, 0.15) is 5.82 Å². The van der Waals surface area contributed by atoms with Crippen molar-refractivity contribution in [3.05, 3.63) is 23.8 Å². The Morgan fingerprint density at radius 2 is 2.05 bits per heavy atom. The van der Waals surface area contributed by atoms with E-state index in [0.29, 0.717) is 12.4 Å². The van der Waals surface area contributed by atoms with Crippen LogP contribution in [0.2, 0.25) is 0 Å². The lowest BCUT2D eigenvalue weighted by Gasteiger charge is -2.32. The van der Waals surface area contributed by atoms with Gasteiger partial charge in [0, 0.05) is 31.5 Å². The highest BCUT2D eigenvalue weighted by Crippen LogP contribution is 2.39. The summed E-state index contributed by atoms with van der Waals surface area (Å²) in [5.41, 5.74) is 0.861. The van der Waals surface area contributed by atoms with Crippen molar-refractivity contribution in [1.82, 2.24) is 14.9 Å². The van der Waals surface area contributed by atoms with E-state index in [1.54, 1.807) is 6.20 Å². The van der Waals surface area contributed by atoms with Gasteiger partial charge in [0.05, 0.1) is 11.7 Å².